The van der Waals surface area contributed by atoms with Gasteiger partial charge >= 0.3 is 0 Å². The average molecular weight is 239 g/mol. The van der Waals surface area contributed by atoms with Crippen LogP contribution in [0.25, 0.3) is 0 Å². The van der Waals surface area contributed by atoms with Crippen LogP contribution in [0.15, 0.2) is 18.6 Å². The Kier molecular flexibility index (Phi) is 2.91. The van der Waals surface area contributed by atoms with E-state index in [1.165, 1.54) is 6.20 Å². The van der Waals surface area contributed by atoms with E-state index in [-0.39, 0.29) is 5.95 Å². The highest BCUT2D eigenvalue weighted by Gasteiger charge is 2.03. The van der Waals surface area contributed by atoms with Crippen LogP contribution < -0.4 is 11.1 Å². The lowest BCUT2D eigenvalue weighted by Gasteiger charge is -2.05. The molecule has 2 heterocycles. The smallest absolute Gasteiger partial charge is 0.222 e. The van der Waals surface area contributed by atoms with Crippen molar-refractivity contribution in [2.75, 3.05) is 11.1 Å². The molecule has 0 fully saturated rings. The van der Waals surface area contributed by atoms with Gasteiger partial charge in [0.2, 0.25) is 5.95 Å². The van der Waals surface area contributed by atoms with Crippen molar-refractivity contribution in [3.8, 4) is 0 Å². The fourth-order valence-electron chi connectivity index (χ4n) is 1.25. The van der Waals surface area contributed by atoms with Crippen LogP contribution in [0.3, 0.4) is 0 Å². The molecule has 16 heavy (non-hydrogen) atoms. The molecule has 0 aliphatic carbocycles. The molecule has 84 valence electrons. The molecule has 0 aliphatic heterocycles. The van der Waals surface area contributed by atoms with Gasteiger partial charge in [0, 0.05) is 25.4 Å². The number of aryl methyl sites for hydroxylation is 1. The van der Waals surface area contributed by atoms with Gasteiger partial charge in [-0.2, -0.15) is 10.1 Å². The summed E-state index contributed by atoms with van der Waals surface area (Å²) in [5.74, 6) is 0.719. The first-order valence-corrected chi connectivity index (χ1v) is 5.02. The summed E-state index contributed by atoms with van der Waals surface area (Å²) in [6, 6.07) is 0. The summed E-state index contributed by atoms with van der Waals surface area (Å²) < 4.78 is 1.73. The molecule has 0 atom stereocenters. The first-order valence-electron chi connectivity index (χ1n) is 4.64. The van der Waals surface area contributed by atoms with Crippen molar-refractivity contribution in [1.82, 2.24) is 19.7 Å². The third kappa shape index (κ3) is 2.40. The Hall–Kier alpha value is -1.82. The van der Waals surface area contributed by atoms with Crippen LogP contribution in [-0.2, 0) is 13.6 Å². The van der Waals surface area contributed by atoms with Crippen molar-refractivity contribution in [1.29, 1.82) is 0 Å². The maximum Gasteiger partial charge on any atom is 0.222 e. The Labute approximate surface area is 97.5 Å². The summed E-state index contributed by atoms with van der Waals surface area (Å²) in [7, 11) is 1.86. The molecule has 0 radical (unpaired) electrons. The number of nitrogens with zero attached hydrogens (tertiary/aromatic N) is 4. The van der Waals surface area contributed by atoms with E-state index in [0.717, 1.165) is 5.56 Å². The minimum Gasteiger partial charge on any atom is -0.368 e. The van der Waals surface area contributed by atoms with E-state index in [1.54, 1.807) is 10.9 Å². The number of nitrogens with two attached hydrogens (primary N) is 1. The van der Waals surface area contributed by atoms with Gasteiger partial charge in [0.1, 0.15) is 5.02 Å². The zero-order valence-corrected chi connectivity index (χ0v) is 9.44. The van der Waals surface area contributed by atoms with Crippen molar-refractivity contribution >= 4 is 23.4 Å². The normalized spacial score (nSPS) is 10.4. The monoisotopic (exact) mass is 238 g/mol. The molecule has 0 unspecified atom stereocenters. The second-order valence-corrected chi connectivity index (χ2v) is 3.71. The lowest BCUT2D eigenvalue weighted by molar-refractivity contribution is 0.767. The fourth-order valence-corrected chi connectivity index (χ4v) is 1.41. The quantitative estimate of drug-likeness (QED) is 0.836. The van der Waals surface area contributed by atoms with Gasteiger partial charge in [-0.25, -0.2) is 4.98 Å². The Morgan fingerprint density at radius 2 is 2.31 bits per heavy atom. The summed E-state index contributed by atoms with van der Waals surface area (Å²) in [6.07, 6.45) is 5.15. The van der Waals surface area contributed by atoms with Gasteiger partial charge in [-0.15, -0.1) is 0 Å². The third-order valence-corrected chi connectivity index (χ3v) is 2.26. The van der Waals surface area contributed by atoms with Gasteiger partial charge in [-0.05, 0) is 0 Å². The molecular formula is C9H11ClN6. The largest absolute Gasteiger partial charge is 0.368 e. The molecule has 2 rings (SSSR count). The SMILES string of the molecule is Cn1cc(CNc2nc(N)ncc2Cl)cn1. The molecule has 3 N–H and O–H groups in total. The van der Waals surface area contributed by atoms with Crippen LogP contribution in [0.5, 0.6) is 0 Å². The predicted octanol–water partition coefficient (Wildman–Crippen LogP) is 1.06. The van der Waals surface area contributed by atoms with Crippen LogP contribution in [-0.4, -0.2) is 19.7 Å². The first-order chi connectivity index (χ1) is 7.65. The van der Waals surface area contributed by atoms with E-state index >= 15 is 0 Å². The summed E-state index contributed by atoms with van der Waals surface area (Å²) >= 11 is 5.90. The van der Waals surface area contributed by atoms with E-state index in [9.17, 15) is 0 Å². The van der Waals surface area contributed by atoms with Crippen LogP contribution in [0.1, 0.15) is 5.56 Å². The highest BCUT2D eigenvalue weighted by Crippen LogP contribution is 2.18. The molecule has 6 nitrogen and oxygen atoms in total. The molecule has 0 spiro atoms. The molecule has 0 bridgehead atoms. The molecule has 2 aromatic heterocycles. The number of nitrogen functional groups attached to an aromatic ring is 1. The second kappa shape index (κ2) is 4.36. The predicted molar refractivity (Wildman–Crippen MR) is 62.0 cm³/mol. The summed E-state index contributed by atoms with van der Waals surface area (Å²) in [5, 5.41) is 7.56. The van der Waals surface area contributed by atoms with E-state index < -0.39 is 0 Å². The van der Waals surface area contributed by atoms with Crippen molar-refractivity contribution in [2.45, 2.75) is 6.54 Å². The van der Waals surface area contributed by atoms with Crippen molar-refractivity contribution in [3.63, 3.8) is 0 Å². The maximum absolute atomic E-state index is 5.90. The maximum atomic E-state index is 5.90. The number of nitrogens with one attached hydrogen (secondary N) is 1. The van der Waals surface area contributed by atoms with E-state index in [4.69, 9.17) is 17.3 Å². The Bertz CT molecular complexity index is 494. The van der Waals surface area contributed by atoms with Crippen molar-refractivity contribution < 1.29 is 0 Å². The number of halogens is 1. The number of anilines is 2. The minimum absolute atomic E-state index is 0.193. The Morgan fingerprint density at radius 1 is 1.50 bits per heavy atom. The molecule has 0 saturated heterocycles. The second-order valence-electron chi connectivity index (χ2n) is 3.30. The molecule has 0 saturated carbocycles. The van der Waals surface area contributed by atoms with E-state index in [1.807, 2.05) is 13.2 Å². The van der Waals surface area contributed by atoms with Crippen molar-refractivity contribution in [2.24, 2.45) is 7.05 Å². The molecular weight excluding hydrogens is 228 g/mol. The number of hydrogen-bond acceptors (Lipinski definition) is 5. The van der Waals surface area contributed by atoms with Crippen LogP contribution >= 0.6 is 11.6 Å². The van der Waals surface area contributed by atoms with Crippen LogP contribution in [0, 0.1) is 0 Å². The first kappa shape index (κ1) is 10.7. The van der Waals surface area contributed by atoms with Gasteiger partial charge in [-0.1, -0.05) is 11.6 Å². The average Bonchev–Trinajstić information content (AvgIpc) is 2.66. The van der Waals surface area contributed by atoms with Crippen LogP contribution in [0.2, 0.25) is 5.02 Å². The van der Waals surface area contributed by atoms with E-state index in [0.29, 0.717) is 17.4 Å². The van der Waals surface area contributed by atoms with Gasteiger partial charge in [0.15, 0.2) is 5.82 Å². The Morgan fingerprint density at radius 3 is 3.00 bits per heavy atom. The Balaban J connectivity index is 2.07. The highest BCUT2D eigenvalue weighted by molar-refractivity contribution is 6.32. The number of rotatable bonds is 3. The van der Waals surface area contributed by atoms with Crippen molar-refractivity contribution in [3.05, 3.63) is 29.2 Å². The minimum atomic E-state index is 0.193. The van der Waals surface area contributed by atoms with Gasteiger partial charge in [0.05, 0.1) is 12.4 Å². The lowest BCUT2D eigenvalue weighted by atomic mass is 10.3. The fraction of sp³-hybridized carbons (Fsp3) is 0.222. The van der Waals surface area contributed by atoms with Gasteiger partial charge in [-0.3, -0.25) is 4.68 Å². The van der Waals surface area contributed by atoms with E-state index in [2.05, 4.69) is 20.4 Å². The topological polar surface area (TPSA) is 81.7 Å². The molecule has 0 aromatic carbocycles. The lowest BCUT2D eigenvalue weighted by Crippen LogP contribution is -2.04. The number of aromatic nitrogens is 4. The summed E-state index contributed by atoms with van der Waals surface area (Å²) in [5.41, 5.74) is 6.50. The van der Waals surface area contributed by atoms with Gasteiger partial charge < -0.3 is 11.1 Å². The molecule has 0 amide bonds. The standard InChI is InChI=1S/C9H11ClN6/c1-16-5-6(3-14-16)2-12-8-7(10)4-13-9(11)15-8/h3-5H,2H2,1H3,(H3,11,12,13,15). The zero-order valence-electron chi connectivity index (χ0n) is 8.68. The summed E-state index contributed by atoms with van der Waals surface area (Å²) in [6.45, 7) is 0.587. The zero-order chi connectivity index (χ0) is 11.5. The number of hydrogen-bond donors (Lipinski definition) is 2. The third-order valence-electron chi connectivity index (χ3n) is 1.98. The van der Waals surface area contributed by atoms with Gasteiger partial charge in [0.25, 0.3) is 0 Å². The van der Waals surface area contributed by atoms with Crippen LogP contribution in [0.4, 0.5) is 11.8 Å². The molecule has 7 heteroatoms. The molecule has 2 aromatic rings. The molecule has 0 aliphatic rings. The summed E-state index contributed by atoms with van der Waals surface area (Å²) in [4.78, 5) is 7.77. The highest BCUT2D eigenvalue weighted by atomic mass is 35.5.